The SMILES string of the molecule is O=c1c(Cl)c(N2CCc3cc(F)ccc3C2)cnn1-c1ccc(Cl)cc1. The van der Waals surface area contributed by atoms with E-state index in [0.717, 1.165) is 11.1 Å². The lowest BCUT2D eigenvalue weighted by Crippen LogP contribution is -2.33. The van der Waals surface area contributed by atoms with Gasteiger partial charge in [-0.05, 0) is 53.9 Å². The lowest BCUT2D eigenvalue weighted by atomic mass is 9.99. The van der Waals surface area contributed by atoms with Crippen molar-refractivity contribution in [1.82, 2.24) is 9.78 Å². The predicted octanol–water partition coefficient (Wildman–Crippen LogP) is 4.24. The third-order valence-corrected chi connectivity index (χ3v) is 5.10. The van der Waals surface area contributed by atoms with E-state index in [1.54, 1.807) is 42.6 Å². The summed E-state index contributed by atoms with van der Waals surface area (Å²) < 4.78 is 14.6. The predicted molar refractivity (Wildman–Crippen MR) is 101 cm³/mol. The fourth-order valence-corrected chi connectivity index (χ4v) is 3.51. The Morgan fingerprint density at radius 2 is 1.81 bits per heavy atom. The Kier molecular flexibility index (Phi) is 4.42. The molecule has 0 aliphatic carbocycles. The van der Waals surface area contributed by atoms with Crippen molar-refractivity contribution in [1.29, 1.82) is 0 Å². The number of hydrogen-bond donors (Lipinski definition) is 0. The van der Waals surface area contributed by atoms with E-state index in [1.165, 1.54) is 10.7 Å². The largest absolute Gasteiger partial charge is 0.364 e. The van der Waals surface area contributed by atoms with E-state index in [-0.39, 0.29) is 10.8 Å². The van der Waals surface area contributed by atoms with E-state index < -0.39 is 5.56 Å². The molecule has 132 valence electrons. The Hall–Kier alpha value is -2.37. The molecule has 0 saturated carbocycles. The van der Waals surface area contributed by atoms with Crippen molar-refractivity contribution in [2.75, 3.05) is 11.4 Å². The summed E-state index contributed by atoms with van der Waals surface area (Å²) in [4.78, 5) is 14.7. The zero-order valence-electron chi connectivity index (χ0n) is 13.6. The highest BCUT2D eigenvalue weighted by atomic mass is 35.5. The van der Waals surface area contributed by atoms with Gasteiger partial charge >= 0.3 is 0 Å². The highest BCUT2D eigenvalue weighted by Gasteiger charge is 2.21. The molecule has 2 aromatic carbocycles. The van der Waals surface area contributed by atoms with Crippen LogP contribution in [0.3, 0.4) is 0 Å². The Morgan fingerprint density at radius 3 is 2.58 bits per heavy atom. The molecule has 0 N–H and O–H groups in total. The molecule has 26 heavy (non-hydrogen) atoms. The Balaban J connectivity index is 1.68. The van der Waals surface area contributed by atoms with Gasteiger partial charge in [-0.1, -0.05) is 29.3 Å². The fourth-order valence-electron chi connectivity index (χ4n) is 3.14. The first kappa shape index (κ1) is 17.1. The molecule has 0 atom stereocenters. The zero-order chi connectivity index (χ0) is 18.3. The number of fused-ring (bicyclic) bond motifs is 1. The fraction of sp³-hybridized carbons (Fsp3) is 0.158. The van der Waals surface area contributed by atoms with Gasteiger partial charge in [-0.2, -0.15) is 9.78 Å². The third-order valence-electron chi connectivity index (χ3n) is 4.49. The van der Waals surface area contributed by atoms with Crippen LogP contribution in [-0.4, -0.2) is 16.3 Å². The van der Waals surface area contributed by atoms with Gasteiger partial charge in [-0.15, -0.1) is 0 Å². The van der Waals surface area contributed by atoms with Gasteiger partial charge in [0, 0.05) is 18.1 Å². The summed E-state index contributed by atoms with van der Waals surface area (Å²) in [5.41, 5.74) is 2.79. The summed E-state index contributed by atoms with van der Waals surface area (Å²) in [5.74, 6) is -0.234. The molecule has 0 saturated heterocycles. The van der Waals surface area contributed by atoms with E-state index in [1.807, 2.05) is 4.90 Å². The van der Waals surface area contributed by atoms with Crippen molar-refractivity contribution in [3.63, 3.8) is 0 Å². The standard InChI is InChI=1S/C19H14Cl2FN3O/c20-14-2-5-16(6-3-14)25-19(26)18(21)17(10-23-25)24-8-7-12-9-15(22)4-1-13(12)11-24/h1-6,9-10H,7-8,11H2. The summed E-state index contributed by atoms with van der Waals surface area (Å²) in [6.45, 7) is 1.20. The molecule has 0 spiro atoms. The maximum absolute atomic E-state index is 13.4. The molecule has 0 bridgehead atoms. The third kappa shape index (κ3) is 3.08. The first-order chi connectivity index (χ1) is 12.5. The highest BCUT2D eigenvalue weighted by Crippen LogP contribution is 2.28. The molecule has 1 aliphatic heterocycles. The van der Waals surface area contributed by atoms with Crippen LogP contribution in [0.1, 0.15) is 11.1 Å². The molecule has 1 aromatic heterocycles. The van der Waals surface area contributed by atoms with Gasteiger partial charge in [-0.25, -0.2) is 4.39 Å². The van der Waals surface area contributed by atoms with Gasteiger partial charge < -0.3 is 4.90 Å². The van der Waals surface area contributed by atoms with E-state index in [0.29, 0.717) is 35.9 Å². The first-order valence-electron chi connectivity index (χ1n) is 8.09. The number of benzene rings is 2. The van der Waals surface area contributed by atoms with E-state index in [2.05, 4.69) is 5.10 Å². The van der Waals surface area contributed by atoms with Crippen LogP contribution in [0.15, 0.2) is 53.5 Å². The van der Waals surface area contributed by atoms with E-state index in [9.17, 15) is 9.18 Å². The molecular formula is C19H14Cl2FN3O. The number of aromatic nitrogens is 2. The highest BCUT2D eigenvalue weighted by molar-refractivity contribution is 6.33. The molecule has 0 radical (unpaired) electrons. The lowest BCUT2D eigenvalue weighted by molar-refractivity contribution is 0.619. The minimum Gasteiger partial charge on any atom is -0.364 e. The van der Waals surface area contributed by atoms with Crippen molar-refractivity contribution >= 4 is 28.9 Å². The number of halogens is 3. The quantitative estimate of drug-likeness (QED) is 0.657. The molecule has 4 rings (SSSR count). The minimum absolute atomic E-state index is 0.112. The van der Waals surface area contributed by atoms with Crippen LogP contribution in [0.4, 0.5) is 10.1 Å². The van der Waals surface area contributed by atoms with Crippen LogP contribution in [0.5, 0.6) is 0 Å². The van der Waals surface area contributed by atoms with Crippen molar-refractivity contribution < 1.29 is 4.39 Å². The van der Waals surface area contributed by atoms with Crippen LogP contribution in [0, 0.1) is 5.82 Å². The molecular weight excluding hydrogens is 376 g/mol. The Morgan fingerprint density at radius 1 is 1.04 bits per heavy atom. The van der Waals surface area contributed by atoms with Crippen LogP contribution < -0.4 is 10.5 Å². The van der Waals surface area contributed by atoms with Crippen molar-refractivity contribution in [2.24, 2.45) is 0 Å². The monoisotopic (exact) mass is 389 g/mol. The average Bonchev–Trinajstić information content (AvgIpc) is 2.64. The molecule has 4 nitrogen and oxygen atoms in total. The molecule has 2 heterocycles. The van der Waals surface area contributed by atoms with Crippen molar-refractivity contribution in [3.05, 3.63) is 86.0 Å². The van der Waals surface area contributed by atoms with Gasteiger partial charge in [0.2, 0.25) is 0 Å². The second-order valence-electron chi connectivity index (χ2n) is 6.12. The van der Waals surface area contributed by atoms with Gasteiger partial charge in [0.15, 0.2) is 0 Å². The molecule has 0 fully saturated rings. The van der Waals surface area contributed by atoms with E-state index in [4.69, 9.17) is 23.2 Å². The summed E-state index contributed by atoms with van der Waals surface area (Å²) in [7, 11) is 0. The van der Waals surface area contributed by atoms with Crippen LogP contribution in [0.2, 0.25) is 10.0 Å². The maximum atomic E-state index is 13.4. The molecule has 0 unspecified atom stereocenters. The number of nitrogens with zero attached hydrogens (tertiary/aromatic N) is 3. The molecule has 7 heteroatoms. The van der Waals surface area contributed by atoms with Crippen LogP contribution in [0.25, 0.3) is 5.69 Å². The maximum Gasteiger partial charge on any atom is 0.292 e. The lowest BCUT2D eigenvalue weighted by Gasteiger charge is -2.31. The molecule has 0 amide bonds. The first-order valence-corrected chi connectivity index (χ1v) is 8.84. The van der Waals surface area contributed by atoms with E-state index >= 15 is 0 Å². The van der Waals surface area contributed by atoms with Crippen LogP contribution >= 0.6 is 23.2 Å². The van der Waals surface area contributed by atoms with Gasteiger partial charge in [0.1, 0.15) is 10.8 Å². The second kappa shape index (κ2) is 6.74. The smallest absolute Gasteiger partial charge is 0.292 e. The minimum atomic E-state index is -0.392. The zero-order valence-corrected chi connectivity index (χ0v) is 15.1. The number of rotatable bonds is 2. The topological polar surface area (TPSA) is 38.1 Å². The normalized spacial score (nSPS) is 13.6. The summed E-state index contributed by atoms with van der Waals surface area (Å²) >= 11 is 12.2. The Bertz CT molecular complexity index is 1030. The summed E-state index contributed by atoms with van der Waals surface area (Å²) in [6.07, 6.45) is 2.27. The van der Waals surface area contributed by atoms with Gasteiger partial charge in [0.05, 0.1) is 17.6 Å². The van der Waals surface area contributed by atoms with Gasteiger partial charge in [0.25, 0.3) is 5.56 Å². The number of hydrogen-bond acceptors (Lipinski definition) is 3. The molecule has 1 aliphatic rings. The second-order valence-corrected chi connectivity index (χ2v) is 6.94. The molecule has 3 aromatic rings. The summed E-state index contributed by atoms with van der Waals surface area (Å²) in [6, 6.07) is 11.6. The van der Waals surface area contributed by atoms with Gasteiger partial charge in [-0.3, -0.25) is 4.79 Å². The summed E-state index contributed by atoms with van der Waals surface area (Å²) in [5, 5.41) is 4.95. The van der Waals surface area contributed by atoms with Crippen LogP contribution in [-0.2, 0) is 13.0 Å². The number of anilines is 1. The average molecular weight is 390 g/mol. The van der Waals surface area contributed by atoms with Crippen molar-refractivity contribution in [2.45, 2.75) is 13.0 Å². The Labute approximate surface area is 159 Å². The van der Waals surface area contributed by atoms with Crippen molar-refractivity contribution in [3.8, 4) is 5.69 Å².